The van der Waals surface area contributed by atoms with Gasteiger partial charge in [0.15, 0.2) is 6.10 Å². The molecule has 0 bridgehead atoms. The van der Waals surface area contributed by atoms with E-state index in [0.29, 0.717) is 12.2 Å². The van der Waals surface area contributed by atoms with Gasteiger partial charge in [0.25, 0.3) is 5.91 Å². The molecule has 0 saturated heterocycles. The van der Waals surface area contributed by atoms with Crippen LogP contribution in [0, 0.1) is 6.92 Å². The molecular formula is C20H25NO3. The number of nitrogens with one attached hydrogen (secondary N) is 1. The van der Waals surface area contributed by atoms with E-state index in [0.717, 1.165) is 17.0 Å². The second-order valence-electron chi connectivity index (χ2n) is 6.01. The van der Waals surface area contributed by atoms with E-state index in [1.165, 1.54) is 0 Å². The molecule has 1 N–H and O–H groups in total. The maximum absolute atomic E-state index is 12.4. The third-order valence-electron chi connectivity index (χ3n) is 3.42. The molecule has 2 aromatic rings. The minimum atomic E-state index is -0.529. The molecule has 2 aromatic carbocycles. The Hall–Kier alpha value is -2.49. The highest BCUT2D eigenvalue weighted by Crippen LogP contribution is 2.19. The molecule has 0 unspecified atom stereocenters. The maximum Gasteiger partial charge on any atom is 0.265 e. The average molecular weight is 327 g/mol. The molecule has 24 heavy (non-hydrogen) atoms. The first-order valence-corrected chi connectivity index (χ1v) is 8.29. The smallest absolute Gasteiger partial charge is 0.265 e. The van der Waals surface area contributed by atoms with Crippen molar-refractivity contribution in [3.8, 4) is 11.5 Å². The molecule has 0 aliphatic carbocycles. The zero-order valence-corrected chi connectivity index (χ0v) is 14.7. The van der Waals surface area contributed by atoms with Crippen LogP contribution in [0.3, 0.4) is 0 Å². The quantitative estimate of drug-likeness (QED) is 0.810. The van der Waals surface area contributed by atoms with E-state index in [1.807, 2.05) is 76.2 Å². The van der Waals surface area contributed by atoms with Gasteiger partial charge in [-0.25, -0.2) is 0 Å². The van der Waals surface area contributed by atoms with Crippen LogP contribution in [0.2, 0.25) is 0 Å². The van der Waals surface area contributed by atoms with Crippen LogP contribution < -0.4 is 14.8 Å². The Morgan fingerprint density at radius 2 is 1.75 bits per heavy atom. The van der Waals surface area contributed by atoms with Crippen molar-refractivity contribution in [3.05, 3.63) is 54.1 Å². The van der Waals surface area contributed by atoms with Gasteiger partial charge in [-0.05, 0) is 69.2 Å². The number of hydrogen-bond donors (Lipinski definition) is 1. The Morgan fingerprint density at radius 1 is 1.04 bits per heavy atom. The summed E-state index contributed by atoms with van der Waals surface area (Å²) < 4.78 is 11.4. The number of carbonyl (C=O) groups excluding carboxylic acids is 1. The highest BCUT2D eigenvalue weighted by Gasteiger charge is 2.18. The van der Waals surface area contributed by atoms with Crippen molar-refractivity contribution < 1.29 is 14.3 Å². The average Bonchev–Trinajstić information content (AvgIpc) is 2.54. The highest BCUT2D eigenvalue weighted by atomic mass is 16.5. The summed E-state index contributed by atoms with van der Waals surface area (Å²) in [5, 5.41) is 2.89. The lowest BCUT2D eigenvalue weighted by atomic mass is 10.2. The van der Waals surface area contributed by atoms with Crippen LogP contribution in [0.1, 0.15) is 32.8 Å². The Balaban J connectivity index is 1.98. The number of benzene rings is 2. The largest absolute Gasteiger partial charge is 0.491 e. The molecular weight excluding hydrogens is 302 g/mol. The lowest BCUT2D eigenvalue weighted by molar-refractivity contribution is -0.122. The highest BCUT2D eigenvalue weighted by molar-refractivity contribution is 5.94. The standard InChI is InChI=1S/C20H25NO3/c1-5-19(24-18-8-6-7-15(4)13-18)20(22)21-16-9-11-17(12-10-16)23-14(2)3/h6-14,19H,5H2,1-4H3,(H,21,22)/t19-/m0/s1. The first-order chi connectivity index (χ1) is 11.5. The molecule has 1 atom stereocenters. The summed E-state index contributed by atoms with van der Waals surface area (Å²) in [5.41, 5.74) is 1.82. The zero-order chi connectivity index (χ0) is 17.5. The number of hydrogen-bond acceptors (Lipinski definition) is 3. The fraction of sp³-hybridized carbons (Fsp3) is 0.350. The Labute approximate surface area is 143 Å². The Kier molecular flexibility index (Phi) is 6.24. The molecule has 0 radical (unpaired) electrons. The lowest BCUT2D eigenvalue weighted by Gasteiger charge is -2.18. The topological polar surface area (TPSA) is 47.6 Å². The van der Waals surface area contributed by atoms with Gasteiger partial charge in [0.1, 0.15) is 11.5 Å². The van der Waals surface area contributed by atoms with Crippen molar-refractivity contribution in [2.75, 3.05) is 5.32 Å². The lowest BCUT2D eigenvalue weighted by Crippen LogP contribution is -2.32. The number of carbonyl (C=O) groups is 1. The van der Waals surface area contributed by atoms with Crippen molar-refractivity contribution >= 4 is 11.6 Å². The van der Waals surface area contributed by atoms with Crippen LogP contribution >= 0.6 is 0 Å². The van der Waals surface area contributed by atoms with Gasteiger partial charge in [-0.15, -0.1) is 0 Å². The number of rotatable bonds is 7. The van der Waals surface area contributed by atoms with Crippen LogP contribution in [0.15, 0.2) is 48.5 Å². The van der Waals surface area contributed by atoms with E-state index in [1.54, 1.807) is 0 Å². The number of aryl methyl sites for hydroxylation is 1. The van der Waals surface area contributed by atoms with Gasteiger partial charge in [-0.2, -0.15) is 0 Å². The van der Waals surface area contributed by atoms with Crippen molar-refractivity contribution in [1.29, 1.82) is 0 Å². The van der Waals surface area contributed by atoms with Gasteiger partial charge in [0, 0.05) is 5.69 Å². The summed E-state index contributed by atoms with van der Waals surface area (Å²) in [6.45, 7) is 7.88. The Morgan fingerprint density at radius 3 is 2.33 bits per heavy atom. The first kappa shape index (κ1) is 17.9. The van der Waals surface area contributed by atoms with Crippen molar-refractivity contribution in [2.24, 2.45) is 0 Å². The number of ether oxygens (including phenoxy) is 2. The summed E-state index contributed by atoms with van der Waals surface area (Å²) in [5.74, 6) is 1.33. The molecule has 2 rings (SSSR count). The van der Waals surface area contributed by atoms with E-state index in [4.69, 9.17) is 9.47 Å². The molecule has 1 amide bonds. The van der Waals surface area contributed by atoms with Gasteiger partial charge in [-0.3, -0.25) is 4.79 Å². The van der Waals surface area contributed by atoms with E-state index < -0.39 is 6.10 Å². The first-order valence-electron chi connectivity index (χ1n) is 8.29. The molecule has 0 spiro atoms. The van der Waals surface area contributed by atoms with Crippen molar-refractivity contribution in [2.45, 2.75) is 46.3 Å². The van der Waals surface area contributed by atoms with E-state index in [-0.39, 0.29) is 12.0 Å². The predicted octanol–water partition coefficient (Wildman–Crippen LogP) is 4.58. The molecule has 0 saturated carbocycles. The SMILES string of the molecule is CC[C@H](Oc1cccc(C)c1)C(=O)Nc1ccc(OC(C)C)cc1. The van der Waals surface area contributed by atoms with Crippen LogP contribution in [0.5, 0.6) is 11.5 Å². The van der Waals surface area contributed by atoms with Crippen LogP contribution in [0.4, 0.5) is 5.69 Å². The third kappa shape index (κ3) is 5.30. The van der Waals surface area contributed by atoms with E-state index in [9.17, 15) is 4.79 Å². The molecule has 0 fully saturated rings. The Bertz CT molecular complexity index is 665. The molecule has 0 heterocycles. The second kappa shape index (κ2) is 8.39. The molecule has 0 aliphatic rings. The van der Waals surface area contributed by atoms with Gasteiger partial charge in [0.2, 0.25) is 0 Å². The van der Waals surface area contributed by atoms with Crippen LogP contribution in [0.25, 0.3) is 0 Å². The van der Waals surface area contributed by atoms with Crippen molar-refractivity contribution in [1.82, 2.24) is 0 Å². The van der Waals surface area contributed by atoms with E-state index in [2.05, 4.69) is 5.32 Å². The summed E-state index contributed by atoms with van der Waals surface area (Å²) in [4.78, 5) is 12.4. The zero-order valence-electron chi connectivity index (χ0n) is 14.7. The minimum Gasteiger partial charge on any atom is -0.491 e. The second-order valence-corrected chi connectivity index (χ2v) is 6.01. The fourth-order valence-corrected chi connectivity index (χ4v) is 2.29. The molecule has 128 valence electrons. The minimum absolute atomic E-state index is 0.123. The number of anilines is 1. The summed E-state index contributed by atoms with van der Waals surface area (Å²) in [7, 11) is 0. The van der Waals surface area contributed by atoms with Gasteiger partial charge >= 0.3 is 0 Å². The van der Waals surface area contributed by atoms with Gasteiger partial charge in [0.05, 0.1) is 6.10 Å². The van der Waals surface area contributed by atoms with E-state index >= 15 is 0 Å². The molecule has 0 aromatic heterocycles. The van der Waals surface area contributed by atoms with Crippen LogP contribution in [-0.4, -0.2) is 18.1 Å². The normalized spacial score (nSPS) is 11.9. The van der Waals surface area contributed by atoms with Gasteiger partial charge < -0.3 is 14.8 Å². The van der Waals surface area contributed by atoms with Crippen LogP contribution in [-0.2, 0) is 4.79 Å². The molecule has 4 heteroatoms. The van der Waals surface area contributed by atoms with Crippen molar-refractivity contribution in [3.63, 3.8) is 0 Å². The van der Waals surface area contributed by atoms with Gasteiger partial charge in [-0.1, -0.05) is 19.1 Å². The monoisotopic (exact) mass is 327 g/mol. The number of amides is 1. The maximum atomic E-state index is 12.4. The third-order valence-corrected chi connectivity index (χ3v) is 3.42. The summed E-state index contributed by atoms with van der Waals surface area (Å²) in [6, 6.07) is 15.0. The molecule has 0 aliphatic heterocycles. The fourth-order valence-electron chi connectivity index (χ4n) is 2.29. The summed E-state index contributed by atoms with van der Waals surface area (Å²) in [6.07, 6.45) is 0.185. The predicted molar refractivity (Wildman–Crippen MR) is 96.7 cm³/mol. The summed E-state index contributed by atoms with van der Waals surface area (Å²) >= 11 is 0. The molecule has 4 nitrogen and oxygen atoms in total.